The number of rotatable bonds is 7. The topological polar surface area (TPSA) is 76.1 Å². The first kappa shape index (κ1) is 21.8. The highest BCUT2D eigenvalue weighted by molar-refractivity contribution is 5.85. The van der Waals surface area contributed by atoms with Gasteiger partial charge in [0.05, 0.1) is 6.10 Å². The van der Waals surface area contributed by atoms with Crippen LogP contribution in [0.1, 0.15) is 60.5 Å². The van der Waals surface area contributed by atoms with E-state index in [9.17, 15) is 14.7 Å². The molecule has 146 valence electrons. The molecule has 0 aliphatic heterocycles. The highest BCUT2D eigenvalue weighted by Gasteiger charge is 2.45. The Hall–Kier alpha value is -2.24. The van der Waals surface area contributed by atoms with Gasteiger partial charge in [-0.2, -0.15) is 0 Å². The molecular formula is C20H31NO5. The predicted molar refractivity (Wildman–Crippen MR) is 100 cm³/mol. The fraction of sp³-hybridized carbons (Fsp3) is 0.600. The molecule has 1 unspecified atom stereocenters. The van der Waals surface area contributed by atoms with Crippen molar-refractivity contribution in [3.05, 3.63) is 29.8 Å². The second-order valence-corrected chi connectivity index (χ2v) is 7.70. The third-order valence-corrected chi connectivity index (χ3v) is 3.81. The molecule has 0 fully saturated rings. The average Bonchev–Trinajstić information content (AvgIpc) is 2.50. The summed E-state index contributed by atoms with van der Waals surface area (Å²) in [4.78, 5) is 26.2. The summed E-state index contributed by atoms with van der Waals surface area (Å²) in [6, 6.07) is 6.79. The van der Waals surface area contributed by atoms with Crippen molar-refractivity contribution in [1.82, 2.24) is 4.90 Å². The number of carbonyl (C=O) groups excluding carboxylic acids is 1. The van der Waals surface area contributed by atoms with Gasteiger partial charge in [0.2, 0.25) is 0 Å². The van der Waals surface area contributed by atoms with Gasteiger partial charge in [0.1, 0.15) is 11.4 Å². The molecule has 0 aliphatic carbocycles. The fourth-order valence-corrected chi connectivity index (χ4v) is 2.56. The Morgan fingerprint density at radius 1 is 1.12 bits per heavy atom. The Bertz CT molecular complexity index is 618. The van der Waals surface area contributed by atoms with Gasteiger partial charge in [-0.05, 0) is 65.7 Å². The van der Waals surface area contributed by atoms with Crippen LogP contribution in [0.4, 0.5) is 4.79 Å². The zero-order valence-corrected chi connectivity index (χ0v) is 16.8. The van der Waals surface area contributed by atoms with Crippen LogP contribution >= 0.6 is 0 Å². The fourth-order valence-electron chi connectivity index (χ4n) is 2.56. The van der Waals surface area contributed by atoms with Gasteiger partial charge in [-0.1, -0.05) is 19.1 Å². The van der Waals surface area contributed by atoms with Crippen LogP contribution in [-0.2, 0) is 15.1 Å². The van der Waals surface area contributed by atoms with Gasteiger partial charge in [0, 0.05) is 6.54 Å². The molecule has 0 saturated heterocycles. The minimum atomic E-state index is -1.55. The molecule has 6 heteroatoms. The lowest BCUT2D eigenvalue weighted by Gasteiger charge is -2.39. The number of hydrogen-bond donors (Lipinski definition) is 1. The second kappa shape index (κ2) is 8.43. The van der Waals surface area contributed by atoms with E-state index in [1.807, 2.05) is 20.8 Å². The lowest BCUT2D eigenvalue weighted by molar-refractivity contribution is -0.151. The van der Waals surface area contributed by atoms with Crippen molar-refractivity contribution in [2.45, 2.75) is 72.1 Å². The Morgan fingerprint density at radius 3 is 2.04 bits per heavy atom. The van der Waals surface area contributed by atoms with E-state index in [0.717, 1.165) is 0 Å². The summed E-state index contributed by atoms with van der Waals surface area (Å²) in [5, 5.41) is 9.96. The molecule has 0 bridgehead atoms. The number of carboxylic acid groups (broad SMARTS) is 1. The number of carboxylic acids is 1. The van der Waals surface area contributed by atoms with E-state index in [4.69, 9.17) is 9.47 Å². The molecule has 26 heavy (non-hydrogen) atoms. The molecule has 0 saturated carbocycles. The molecule has 1 amide bonds. The zero-order valence-electron chi connectivity index (χ0n) is 16.8. The number of nitrogens with zero attached hydrogens (tertiary/aromatic N) is 1. The number of hydrogen-bond acceptors (Lipinski definition) is 4. The van der Waals surface area contributed by atoms with E-state index in [-0.39, 0.29) is 12.6 Å². The minimum Gasteiger partial charge on any atom is -0.491 e. The number of aliphatic carboxylic acids is 1. The highest BCUT2D eigenvalue weighted by atomic mass is 16.6. The summed E-state index contributed by atoms with van der Waals surface area (Å²) in [5.74, 6) is -0.467. The largest absolute Gasteiger partial charge is 0.491 e. The standard InChI is InChI=1S/C20H31NO5/c1-8-13-21(18(24)26-19(4,5)6)20(7,17(22)23)15-9-11-16(12-10-15)25-14(2)3/h9-12,14H,8,13H2,1-7H3,(H,22,23). The van der Waals surface area contributed by atoms with Crippen molar-refractivity contribution in [2.24, 2.45) is 0 Å². The van der Waals surface area contributed by atoms with Crippen LogP contribution in [0.15, 0.2) is 24.3 Å². The number of amides is 1. The van der Waals surface area contributed by atoms with Gasteiger partial charge in [-0.25, -0.2) is 9.59 Å². The van der Waals surface area contributed by atoms with E-state index in [1.165, 1.54) is 11.8 Å². The second-order valence-electron chi connectivity index (χ2n) is 7.70. The molecule has 1 aromatic rings. The molecule has 1 rings (SSSR count). The van der Waals surface area contributed by atoms with E-state index in [1.54, 1.807) is 45.0 Å². The third kappa shape index (κ3) is 5.38. The maximum atomic E-state index is 12.7. The predicted octanol–water partition coefficient (Wildman–Crippen LogP) is 4.42. The number of carbonyl (C=O) groups is 2. The van der Waals surface area contributed by atoms with Crippen molar-refractivity contribution in [2.75, 3.05) is 6.54 Å². The molecule has 0 spiro atoms. The van der Waals surface area contributed by atoms with Crippen LogP contribution in [0, 0.1) is 0 Å². The first-order valence-corrected chi connectivity index (χ1v) is 8.93. The molecule has 0 heterocycles. The van der Waals surface area contributed by atoms with Gasteiger partial charge in [-0.3, -0.25) is 4.90 Å². The summed E-state index contributed by atoms with van der Waals surface area (Å²) in [6.45, 7) is 12.8. The van der Waals surface area contributed by atoms with Crippen molar-refractivity contribution in [1.29, 1.82) is 0 Å². The highest BCUT2D eigenvalue weighted by Crippen LogP contribution is 2.32. The van der Waals surface area contributed by atoms with Crippen molar-refractivity contribution in [3.8, 4) is 5.75 Å². The molecule has 0 radical (unpaired) electrons. The van der Waals surface area contributed by atoms with E-state index in [2.05, 4.69) is 0 Å². The van der Waals surface area contributed by atoms with E-state index >= 15 is 0 Å². The summed E-state index contributed by atoms with van der Waals surface area (Å²) < 4.78 is 11.1. The lowest BCUT2D eigenvalue weighted by atomic mass is 9.90. The molecule has 1 N–H and O–H groups in total. The molecular weight excluding hydrogens is 334 g/mol. The smallest absolute Gasteiger partial charge is 0.411 e. The van der Waals surface area contributed by atoms with Crippen molar-refractivity contribution < 1.29 is 24.2 Å². The number of ether oxygens (including phenoxy) is 2. The lowest BCUT2D eigenvalue weighted by Crippen LogP contribution is -2.54. The van der Waals surface area contributed by atoms with Gasteiger partial charge in [-0.15, -0.1) is 0 Å². The summed E-state index contributed by atoms with van der Waals surface area (Å²) in [5.41, 5.74) is -1.77. The van der Waals surface area contributed by atoms with Crippen LogP contribution in [0.2, 0.25) is 0 Å². The quantitative estimate of drug-likeness (QED) is 0.774. The molecule has 0 aromatic heterocycles. The van der Waals surface area contributed by atoms with E-state index in [0.29, 0.717) is 17.7 Å². The van der Waals surface area contributed by atoms with Gasteiger partial charge >= 0.3 is 12.1 Å². The Labute approximate surface area is 156 Å². The maximum absolute atomic E-state index is 12.7. The maximum Gasteiger partial charge on any atom is 0.411 e. The summed E-state index contributed by atoms with van der Waals surface area (Å²) in [6.07, 6.45) is -0.0202. The van der Waals surface area contributed by atoms with Crippen LogP contribution in [-0.4, -0.2) is 40.3 Å². The zero-order chi connectivity index (χ0) is 20.1. The van der Waals surface area contributed by atoms with Crippen molar-refractivity contribution in [3.63, 3.8) is 0 Å². The summed E-state index contributed by atoms with van der Waals surface area (Å²) in [7, 11) is 0. The average molecular weight is 365 g/mol. The van der Waals surface area contributed by atoms with Crippen LogP contribution in [0.3, 0.4) is 0 Å². The minimum absolute atomic E-state index is 0.0186. The van der Waals surface area contributed by atoms with Crippen LogP contribution in [0.5, 0.6) is 5.75 Å². The van der Waals surface area contributed by atoms with Gasteiger partial charge in [0.25, 0.3) is 0 Å². The number of benzene rings is 1. The monoisotopic (exact) mass is 365 g/mol. The third-order valence-electron chi connectivity index (χ3n) is 3.81. The first-order chi connectivity index (χ1) is 11.9. The van der Waals surface area contributed by atoms with Crippen LogP contribution in [0.25, 0.3) is 0 Å². The van der Waals surface area contributed by atoms with Crippen molar-refractivity contribution >= 4 is 12.1 Å². The molecule has 1 aromatic carbocycles. The van der Waals surface area contributed by atoms with Gasteiger partial charge < -0.3 is 14.6 Å². The normalized spacial score (nSPS) is 13.8. The Balaban J connectivity index is 3.30. The van der Waals surface area contributed by atoms with Gasteiger partial charge in [0.15, 0.2) is 5.54 Å². The SMILES string of the molecule is CCCN(C(=O)OC(C)(C)C)C(C)(C(=O)O)c1ccc(OC(C)C)cc1. The van der Waals surface area contributed by atoms with Crippen LogP contribution < -0.4 is 4.74 Å². The molecule has 6 nitrogen and oxygen atoms in total. The first-order valence-electron chi connectivity index (χ1n) is 8.93. The molecule has 1 atom stereocenters. The van der Waals surface area contributed by atoms with E-state index < -0.39 is 23.2 Å². The summed E-state index contributed by atoms with van der Waals surface area (Å²) >= 11 is 0. The Morgan fingerprint density at radius 2 is 1.65 bits per heavy atom. The Kier molecular flexibility index (Phi) is 7.07. The molecule has 0 aliphatic rings.